The van der Waals surface area contributed by atoms with Crippen molar-refractivity contribution >= 4 is 53.3 Å². The lowest BCUT2D eigenvalue weighted by Crippen LogP contribution is -2.41. The topological polar surface area (TPSA) is 65.5 Å². The number of nitrogens with one attached hydrogen (secondary N) is 3. The fourth-order valence-electron chi connectivity index (χ4n) is 3.24. The normalized spacial score (nSPS) is 15.7. The number of halogens is 1. The van der Waals surface area contributed by atoms with Crippen LogP contribution in [0.1, 0.15) is 29.0 Å². The summed E-state index contributed by atoms with van der Waals surface area (Å²) in [6.07, 6.45) is 0.493. The molecule has 156 valence electrons. The number of thioether (sulfide) groups is 1. The van der Waals surface area contributed by atoms with Gasteiger partial charge in [0, 0.05) is 49.7 Å². The zero-order valence-electron chi connectivity index (χ0n) is 16.9. The zero-order valence-corrected chi connectivity index (χ0v) is 20.1. The first-order valence-electron chi connectivity index (χ1n) is 9.62. The van der Waals surface area contributed by atoms with Gasteiger partial charge < -0.3 is 16.0 Å². The van der Waals surface area contributed by atoms with Crippen LogP contribution in [-0.2, 0) is 10.5 Å². The van der Waals surface area contributed by atoms with Crippen LogP contribution in [0.25, 0.3) is 0 Å². The van der Waals surface area contributed by atoms with Crippen LogP contribution in [0.4, 0.5) is 5.69 Å². The molecule has 0 radical (unpaired) electrons. The Kier molecular flexibility index (Phi) is 9.80. The standard InChI is InChI=1S/C22H28N4OS.HI/c1-16-7-9-17(10-8-16)15-28-12-11-24-22(23-2)25-14-18-13-21(27)26-20-6-4-3-5-19(18)20;/h3-10,18H,11-15H2,1-2H3,(H,26,27)(H2,23,24,25);1H. The minimum Gasteiger partial charge on any atom is -0.356 e. The van der Waals surface area contributed by atoms with Gasteiger partial charge in [0.1, 0.15) is 0 Å². The summed E-state index contributed by atoms with van der Waals surface area (Å²) in [5.74, 6) is 3.02. The van der Waals surface area contributed by atoms with Crippen LogP contribution in [-0.4, -0.2) is 37.8 Å². The summed E-state index contributed by atoms with van der Waals surface area (Å²) in [6.45, 7) is 3.64. The number of aryl methyl sites for hydroxylation is 1. The van der Waals surface area contributed by atoms with E-state index in [1.807, 2.05) is 30.0 Å². The molecule has 0 saturated carbocycles. The highest BCUT2D eigenvalue weighted by Gasteiger charge is 2.24. The van der Waals surface area contributed by atoms with Gasteiger partial charge in [-0.05, 0) is 24.1 Å². The molecule has 0 aromatic heterocycles. The molecule has 0 spiro atoms. The molecule has 1 heterocycles. The zero-order chi connectivity index (χ0) is 19.8. The van der Waals surface area contributed by atoms with Crippen molar-refractivity contribution in [1.29, 1.82) is 0 Å². The minimum atomic E-state index is 0. The maximum atomic E-state index is 11.9. The van der Waals surface area contributed by atoms with E-state index in [1.54, 1.807) is 7.05 Å². The molecule has 5 nitrogen and oxygen atoms in total. The summed E-state index contributed by atoms with van der Waals surface area (Å²) < 4.78 is 0. The number of aliphatic imine (C=N–C) groups is 1. The van der Waals surface area contributed by atoms with E-state index in [-0.39, 0.29) is 35.8 Å². The van der Waals surface area contributed by atoms with E-state index in [1.165, 1.54) is 16.7 Å². The number of guanidine groups is 1. The number of benzene rings is 2. The molecule has 1 amide bonds. The molecular weight excluding hydrogens is 495 g/mol. The first-order valence-corrected chi connectivity index (χ1v) is 10.8. The molecule has 3 N–H and O–H groups in total. The number of hydrogen-bond donors (Lipinski definition) is 3. The number of rotatable bonds is 7. The van der Waals surface area contributed by atoms with Crippen LogP contribution >= 0.6 is 35.7 Å². The molecule has 3 rings (SSSR count). The van der Waals surface area contributed by atoms with Crippen LogP contribution < -0.4 is 16.0 Å². The van der Waals surface area contributed by atoms with Crippen molar-refractivity contribution in [2.24, 2.45) is 4.99 Å². The Morgan fingerprint density at radius 2 is 1.93 bits per heavy atom. The summed E-state index contributed by atoms with van der Waals surface area (Å²) in [4.78, 5) is 16.2. The lowest BCUT2D eigenvalue weighted by molar-refractivity contribution is -0.116. The molecule has 1 aliphatic heterocycles. The summed E-state index contributed by atoms with van der Waals surface area (Å²) in [5, 5.41) is 9.66. The lowest BCUT2D eigenvalue weighted by atomic mass is 9.90. The third kappa shape index (κ3) is 7.22. The highest BCUT2D eigenvalue weighted by atomic mass is 127. The Bertz CT molecular complexity index is 826. The number of nitrogens with zero attached hydrogens (tertiary/aromatic N) is 1. The molecule has 0 aliphatic carbocycles. The van der Waals surface area contributed by atoms with E-state index < -0.39 is 0 Å². The molecule has 1 atom stereocenters. The van der Waals surface area contributed by atoms with Crippen molar-refractivity contribution in [3.63, 3.8) is 0 Å². The van der Waals surface area contributed by atoms with Crippen LogP contribution in [0.5, 0.6) is 0 Å². The number of hydrogen-bond acceptors (Lipinski definition) is 3. The smallest absolute Gasteiger partial charge is 0.225 e. The summed E-state index contributed by atoms with van der Waals surface area (Å²) >= 11 is 1.90. The average Bonchev–Trinajstić information content (AvgIpc) is 2.71. The van der Waals surface area contributed by atoms with E-state index in [4.69, 9.17) is 0 Å². The number of anilines is 1. The predicted molar refractivity (Wildman–Crippen MR) is 135 cm³/mol. The van der Waals surface area contributed by atoms with Gasteiger partial charge in [0.05, 0.1) is 0 Å². The molecule has 1 unspecified atom stereocenters. The first-order chi connectivity index (χ1) is 13.7. The van der Waals surface area contributed by atoms with Crippen molar-refractivity contribution in [1.82, 2.24) is 10.6 Å². The first kappa shape index (κ1) is 23.5. The van der Waals surface area contributed by atoms with E-state index in [9.17, 15) is 4.79 Å². The molecule has 0 fully saturated rings. The Morgan fingerprint density at radius 1 is 1.17 bits per heavy atom. The number of carbonyl (C=O) groups is 1. The van der Waals surface area contributed by atoms with Crippen LogP contribution in [0.3, 0.4) is 0 Å². The third-order valence-electron chi connectivity index (χ3n) is 4.77. The molecule has 2 aromatic carbocycles. The van der Waals surface area contributed by atoms with Gasteiger partial charge in [-0.15, -0.1) is 24.0 Å². The SMILES string of the molecule is CN=C(NCCSCc1ccc(C)cc1)NCC1CC(=O)Nc2ccccc21.I. The van der Waals surface area contributed by atoms with Crippen molar-refractivity contribution in [3.05, 3.63) is 65.2 Å². The Labute approximate surface area is 194 Å². The summed E-state index contributed by atoms with van der Waals surface area (Å²) in [7, 11) is 1.77. The van der Waals surface area contributed by atoms with Crippen molar-refractivity contribution in [3.8, 4) is 0 Å². The maximum absolute atomic E-state index is 11.9. The Morgan fingerprint density at radius 3 is 2.69 bits per heavy atom. The predicted octanol–water partition coefficient (Wildman–Crippen LogP) is 4.14. The quantitative estimate of drug-likeness (QED) is 0.221. The number of para-hydroxylation sites is 1. The van der Waals surface area contributed by atoms with Crippen LogP contribution in [0.2, 0.25) is 0 Å². The average molecular weight is 524 g/mol. The summed E-state index contributed by atoms with van der Waals surface area (Å²) in [6, 6.07) is 16.7. The second kappa shape index (κ2) is 12.1. The molecule has 1 aliphatic rings. The van der Waals surface area contributed by atoms with Gasteiger partial charge in [-0.1, -0.05) is 48.0 Å². The highest BCUT2D eigenvalue weighted by molar-refractivity contribution is 14.0. The number of carbonyl (C=O) groups excluding carboxylic acids is 1. The Hall–Kier alpha value is -1.74. The van der Waals surface area contributed by atoms with E-state index in [2.05, 4.69) is 58.2 Å². The highest BCUT2D eigenvalue weighted by Crippen LogP contribution is 2.31. The van der Waals surface area contributed by atoms with Gasteiger partial charge in [-0.3, -0.25) is 9.79 Å². The van der Waals surface area contributed by atoms with E-state index in [0.29, 0.717) is 13.0 Å². The van der Waals surface area contributed by atoms with Crippen molar-refractivity contribution in [2.75, 3.05) is 31.2 Å². The van der Waals surface area contributed by atoms with Crippen molar-refractivity contribution < 1.29 is 4.79 Å². The van der Waals surface area contributed by atoms with Gasteiger partial charge in [0.25, 0.3) is 0 Å². The lowest BCUT2D eigenvalue weighted by Gasteiger charge is -2.26. The van der Waals surface area contributed by atoms with Gasteiger partial charge in [-0.2, -0.15) is 11.8 Å². The van der Waals surface area contributed by atoms with E-state index in [0.717, 1.165) is 29.7 Å². The molecule has 0 saturated heterocycles. The van der Waals surface area contributed by atoms with Crippen LogP contribution in [0, 0.1) is 6.92 Å². The molecule has 2 aromatic rings. The molecule has 0 bridgehead atoms. The van der Waals surface area contributed by atoms with Crippen molar-refractivity contribution in [2.45, 2.75) is 25.0 Å². The second-order valence-corrected chi connectivity index (χ2v) is 8.06. The third-order valence-corrected chi connectivity index (χ3v) is 5.80. The van der Waals surface area contributed by atoms with Gasteiger partial charge in [0.2, 0.25) is 5.91 Å². The van der Waals surface area contributed by atoms with Crippen LogP contribution in [0.15, 0.2) is 53.5 Å². The monoisotopic (exact) mass is 524 g/mol. The minimum absolute atomic E-state index is 0. The number of fused-ring (bicyclic) bond motifs is 1. The fourth-order valence-corrected chi connectivity index (χ4v) is 4.06. The van der Waals surface area contributed by atoms with Gasteiger partial charge in [-0.25, -0.2) is 0 Å². The maximum Gasteiger partial charge on any atom is 0.225 e. The number of amides is 1. The van der Waals surface area contributed by atoms with E-state index >= 15 is 0 Å². The molecular formula is C22H29IN4OS. The van der Waals surface area contributed by atoms with Gasteiger partial charge >= 0.3 is 0 Å². The molecule has 29 heavy (non-hydrogen) atoms. The second-order valence-electron chi connectivity index (χ2n) is 6.95. The summed E-state index contributed by atoms with van der Waals surface area (Å²) in [5.41, 5.74) is 4.75. The Balaban J connectivity index is 0.00000300. The largest absolute Gasteiger partial charge is 0.356 e. The van der Waals surface area contributed by atoms with Gasteiger partial charge in [0.15, 0.2) is 5.96 Å². The fraction of sp³-hybridized carbons (Fsp3) is 0.364. The molecule has 7 heteroatoms.